The van der Waals surface area contributed by atoms with Gasteiger partial charge in [-0.3, -0.25) is 4.79 Å². The van der Waals surface area contributed by atoms with Crippen molar-refractivity contribution >= 4 is 12.0 Å². The standard InChI is InChI=1S/C12H16N2O4/c1-17-12(16)13-7-11(15)14-9-18-8-10-5-3-2-4-6-10/h2-6H,7-9H2,1H3,(H,13,16)(H,14,15). The van der Waals surface area contributed by atoms with E-state index in [0.717, 1.165) is 5.56 Å². The molecule has 0 fully saturated rings. The summed E-state index contributed by atoms with van der Waals surface area (Å²) >= 11 is 0. The van der Waals surface area contributed by atoms with Crippen LogP contribution in [0, 0.1) is 0 Å². The third-order valence-electron chi connectivity index (χ3n) is 2.06. The van der Waals surface area contributed by atoms with Crippen molar-refractivity contribution < 1.29 is 19.1 Å². The number of hydrogen-bond donors (Lipinski definition) is 2. The second-order valence-corrected chi connectivity index (χ2v) is 3.42. The number of carbonyl (C=O) groups is 2. The van der Waals surface area contributed by atoms with Gasteiger partial charge in [-0.25, -0.2) is 4.79 Å². The Hall–Kier alpha value is -2.08. The Balaban J connectivity index is 2.07. The number of hydrogen-bond acceptors (Lipinski definition) is 4. The largest absolute Gasteiger partial charge is 0.453 e. The maximum absolute atomic E-state index is 11.2. The Bertz CT molecular complexity index is 381. The Morgan fingerprint density at radius 1 is 1.17 bits per heavy atom. The van der Waals surface area contributed by atoms with Crippen LogP contribution in [0.3, 0.4) is 0 Å². The highest BCUT2D eigenvalue weighted by atomic mass is 16.5. The Morgan fingerprint density at radius 3 is 2.56 bits per heavy atom. The molecule has 0 unspecified atom stereocenters. The molecule has 1 aromatic rings. The molecule has 1 aromatic carbocycles. The summed E-state index contributed by atoms with van der Waals surface area (Å²) < 4.78 is 9.57. The number of benzene rings is 1. The van der Waals surface area contributed by atoms with Gasteiger partial charge in [0.25, 0.3) is 0 Å². The smallest absolute Gasteiger partial charge is 0.407 e. The fourth-order valence-electron chi connectivity index (χ4n) is 1.16. The Morgan fingerprint density at radius 2 is 1.89 bits per heavy atom. The summed E-state index contributed by atoms with van der Waals surface area (Å²) in [5.74, 6) is -0.339. The van der Waals surface area contributed by atoms with Crippen LogP contribution in [0.2, 0.25) is 0 Å². The zero-order valence-electron chi connectivity index (χ0n) is 10.1. The topological polar surface area (TPSA) is 76.7 Å². The number of carbonyl (C=O) groups excluding carboxylic acids is 2. The van der Waals surface area contributed by atoms with Crippen LogP contribution in [-0.4, -0.2) is 32.4 Å². The van der Waals surface area contributed by atoms with E-state index in [1.54, 1.807) is 0 Å². The van der Waals surface area contributed by atoms with Crippen LogP contribution >= 0.6 is 0 Å². The van der Waals surface area contributed by atoms with Gasteiger partial charge in [-0.2, -0.15) is 0 Å². The van der Waals surface area contributed by atoms with Crippen LogP contribution in [-0.2, 0) is 20.9 Å². The SMILES string of the molecule is COC(=O)NCC(=O)NCOCc1ccccc1. The van der Waals surface area contributed by atoms with Crippen molar-refractivity contribution in [3.05, 3.63) is 35.9 Å². The molecule has 0 aliphatic heterocycles. The Kier molecular flexibility index (Phi) is 6.27. The quantitative estimate of drug-likeness (QED) is 0.575. The van der Waals surface area contributed by atoms with Crippen LogP contribution in [0.1, 0.15) is 5.56 Å². The first-order chi connectivity index (χ1) is 8.72. The van der Waals surface area contributed by atoms with E-state index in [9.17, 15) is 9.59 Å². The van der Waals surface area contributed by atoms with Gasteiger partial charge in [-0.15, -0.1) is 0 Å². The maximum atomic E-state index is 11.2. The zero-order chi connectivity index (χ0) is 13.2. The number of alkyl carbamates (subject to hydrolysis) is 1. The molecule has 0 aliphatic rings. The summed E-state index contributed by atoms with van der Waals surface area (Å²) in [7, 11) is 1.23. The second-order valence-electron chi connectivity index (χ2n) is 3.42. The van der Waals surface area contributed by atoms with Crippen LogP contribution in [0.5, 0.6) is 0 Å². The van der Waals surface area contributed by atoms with Gasteiger partial charge in [-0.05, 0) is 5.56 Å². The molecule has 1 rings (SSSR count). The molecule has 2 N–H and O–H groups in total. The summed E-state index contributed by atoms with van der Waals surface area (Å²) in [5, 5.41) is 4.76. The van der Waals surface area contributed by atoms with Crippen molar-refractivity contribution in [1.29, 1.82) is 0 Å². The summed E-state index contributed by atoms with van der Waals surface area (Å²) in [4.78, 5) is 21.9. The molecule has 0 saturated carbocycles. The fourth-order valence-corrected chi connectivity index (χ4v) is 1.16. The highest BCUT2D eigenvalue weighted by molar-refractivity contribution is 5.81. The molecule has 0 saturated heterocycles. The molecule has 0 aliphatic carbocycles. The minimum atomic E-state index is -0.643. The third-order valence-corrected chi connectivity index (χ3v) is 2.06. The van der Waals surface area contributed by atoms with Crippen molar-refractivity contribution in [2.45, 2.75) is 6.61 Å². The number of methoxy groups -OCH3 is 1. The van der Waals surface area contributed by atoms with Crippen LogP contribution < -0.4 is 10.6 Å². The molecule has 2 amide bonds. The molecule has 6 heteroatoms. The minimum absolute atomic E-state index is 0.0938. The highest BCUT2D eigenvalue weighted by Crippen LogP contribution is 1.99. The predicted molar refractivity (Wildman–Crippen MR) is 64.6 cm³/mol. The van der Waals surface area contributed by atoms with E-state index in [0.29, 0.717) is 6.61 Å². The molecule has 0 aromatic heterocycles. The van der Waals surface area contributed by atoms with Crippen molar-refractivity contribution in [3.8, 4) is 0 Å². The van der Waals surface area contributed by atoms with Gasteiger partial charge in [0, 0.05) is 0 Å². The predicted octanol–water partition coefficient (Wildman–Crippen LogP) is 0.633. The fraction of sp³-hybridized carbons (Fsp3) is 0.333. The van der Waals surface area contributed by atoms with Gasteiger partial charge in [0.2, 0.25) is 5.91 Å². The number of amides is 2. The van der Waals surface area contributed by atoms with E-state index < -0.39 is 6.09 Å². The molecule has 0 heterocycles. The summed E-state index contributed by atoms with van der Waals surface area (Å²) in [6.45, 7) is 0.378. The molecule has 0 radical (unpaired) electrons. The number of nitrogens with one attached hydrogen (secondary N) is 2. The first-order valence-electron chi connectivity index (χ1n) is 5.42. The zero-order valence-corrected chi connectivity index (χ0v) is 10.1. The lowest BCUT2D eigenvalue weighted by atomic mass is 10.2. The lowest BCUT2D eigenvalue weighted by Gasteiger charge is -2.07. The van der Waals surface area contributed by atoms with Crippen molar-refractivity contribution in [1.82, 2.24) is 10.6 Å². The van der Waals surface area contributed by atoms with Gasteiger partial charge < -0.3 is 20.1 Å². The summed E-state index contributed by atoms with van der Waals surface area (Å²) in [6.07, 6.45) is -0.643. The molecular formula is C12H16N2O4. The van der Waals surface area contributed by atoms with Crippen LogP contribution in [0.4, 0.5) is 4.79 Å². The second kappa shape index (κ2) is 8.08. The maximum Gasteiger partial charge on any atom is 0.407 e. The van der Waals surface area contributed by atoms with Crippen molar-refractivity contribution in [3.63, 3.8) is 0 Å². The molecule has 0 spiro atoms. The van der Waals surface area contributed by atoms with E-state index in [2.05, 4.69) is 15.4 Å². The van der Waals surface area contributed by atoms with Gasteiger partial charge in [0.1, 0.15) is 13.3 Å². The van der Waals surface area contributed by atoms with E-state index in [1.165, 1.54) is 7.11 Å². The van der Waals surface area contributed by atoms with Gasteiger partial charge in [-0.1, -0.05) is 30.3 Å². The summed E-state index contributed by atoms with van der Waals surface area (Å²) in [5.41, 5.74) is 1.03. The Labute approximate surface area is 105 Å². The molecule has 18 heavy (non-hydrogen) atoms. The monoisotopic (exact) mass is 252 g/mol. The summed E-state index contributed by atoms with van der Waals surface area (Å²) in [6, 6.07) is 9.61. The van der Waals surface area contributed by atoms with Gasteiger partial charge >= 0.3 is 6.09 Å². The lowest BCUT2D eigenvalue weighted by molar-refractivity contribution is -0.122. The van der Waals surface area contributed by atoms with Crippen molar-refractivity contribution in [2.75, 3.05) is 20.4 Å². The average Bonchev–Trinajstić information content (AvgIpc) is 2.42. The first kappa shape index (κ1) is 14.0. The molecule has 6 nitrogen and oxygen atoms in total. The number of ether oxygens (including phenoxy) is 2. The molecule has 0 atom stereocenters. The highest BCUT2D eigenvalue weighted by Gasteiger charge is 2.03. The molecular weight excluding hydrogens is 236 g/mol. The van der Waals surface area contributed by atoms with Crippen molar-refractivity contribution in [2.24, 2.45) is 0 Å². The van der Waals surface area contributed by atoms with E-state index in [4.69, 9.17) is 4.74 Å². The normalized spacial score (nSPS) is 9.61. The van der Waals surface area contributed by atoms with E-state index in [1.807, 2.05) is 30.3 Å². The third kappa shape index (κ3) is 5.86. The average molecular weight is 252 g/mol. The number of rotatable bonds is 6. The minimum Gasteiger partial charge on any atom is -0.453 e. The van der Waals surface area contributed by atoms with E-state index in [-0.39, 0.29) is 19.2 Å². The van der Waals surface area contributed by atoms with Crippen LogP contribution in [0.25, 0.3) is 0 Å². The van der Waals surface area contributed by atoms with Gasteiger partial charge in [0.05, 0.1) is 13.7 Å². The van der Waals surface area contributed by atoms with Gasteiger partial charge in [0.15, 0.2) is 0 Å². The lowest BCUT2D eigenvalue weighted by Crippen LogP contribution is -2.37. The van der Waals surface area contributed by atoms with E-state index >= 15 is 0 Å². The molecule has 0 bridgehead atoms. The van der Waals surface area contributed by atoms with Crippen LogP contribution in [0.15, 0.2) is 30.3 Å². The molecule has 98 valence electrons. The first-order valence-corrected chi connectivity index (χ1v) is 5.42.